The molecule has 4 rings (SSSR count). The first-order valence-corrected chi connectivity index (χ1v) is 10.2. The van der Waals surface area contributed by atoms with E-state index in [1.165, 1.54) is 31.7 Å². The van der Waals surface area contributed by atoms with Gasteiger partial charge in [0, 0.05) is 38.4 Å². The van der Waals surface area contributed by atoms with E-state index in [1.807, 2.05) is 4.90 Å². The number of hydrogen-bond acceptors (Lipinski definition) is 4. The zero-order chi connectivity index (χ0) is 19.3. The highest BCUT2D eigenvalue weighted by atomic mass is 19.1. The molecule has 1 aromatic carbocycles. The Morgan fingerprint density at radius 3 is 2.64 bits per heavy atom. The van der Waals surface area contributed by atoms with E-state index in [0.29, 0.717) is 23.1 Å². The molecule has 1 saturated carbocycles. The molecule has 2 aromatic rings. The molecule has 148 valence electrons. The van der Waals surface area contributed by atoms with Crippen LogP contribution < -0.4 is 5.32 Å². The maximum Gasteiger partial charge on any atom is 0.257 e. The SMILES string of the molecule is O=C(c1cccnc1Nc1ccccc1F)N1CCCN(C2CCCC2)CC1. The summed E-state index contributed by atoms with van der Waals surface area (Å²) in [5.41, 5.74) is 0.804. The lowest BCUT2D eigenvalue weighted by Crippen LogP contribution is -2.38. The summed E-state index contributed by atoms with van der Waals surface area (Å²) in [6, 6.07) is 10.6. The molecule has 28 heavy (non-hydrogen) atoms. The summed E-state index contributed by atoms with van der Waals surface area (Å²) in [6.45, 7) is 3.45. The van der Waals surface area contributed by atoms with Crippen molar-refractivity contribution in [1.29, 1.82) is 0 Å². The third-order valence-electron chi connectivity index (χ3n) is 5.82. The summed E-state index contributed by atoms with van der Waals surface area (Å²) in [5.74, 6) is -0.0109. The molecule has 1 amide bonds. The lowest BCUT2D eigenvalue weighted by Gasteiger charge is -2.27. The van der Waals surface area contributed by atoms with E-state index in [1.54, 1.807) is 36.5 Å². The first-order chi connectivity index (χ1) is 13.7. The molecule has 2 fully saturated rings. The van der Waals surface area contributed by atoms with Gasteiger partial charge in [-0.15, -0.1) is 0 Å². The highest BCUT2D eigenvalue weighted by molar-refractivity contribution is 5.99. The van der Waals surface area contributed by atoms with Gasteiger partial charge in [0.15, 0.2) is 0 Å². The molecule has 0 radical (unpaired) electrons. The number of nitrogens with zero attached hydrogens (tertiary/aromatic N) is 3. The van der Waals surface area contributed by atoms with Gasteiger partial charge in [-0.25, -0.2) is 9.37 Å². The van der Waals surface area contributed by atoms with E-state index < -0.39 is 0 Å². The number of carbonyl (C=O) groups excluding carboxylic acids is 1. The Hall–Kier alpha value is -2.47. The predicted molar refractivity (Wildman–Crippen MR) is 108 cm³/mol. The van der Waals surface area contributed by atoms with Crippen LogP contribution >= 0.6 is 0 Å². The Morgan fingerprint density at radius 2 is 1.82 bits per heavy atom. The number of rotatable bonds is 4. The van der Waals surface area contributed by atoms with Crippen molar-refractivity contribution < 1.29 is 9.18 Å². The van der Waals surface area contributed by atoms with E-state index in [-0.39, 0.29) is 11.7 Å². The minimum atomic E-state index is -0.367. The molecule has 5 nitrogen and oxygen atoms in total. The van der Waals surface area contributed by atoms with Gasteiger partial charge in [-0.05, 0) is 43.5 Å². The lowest BCUT2D eigenvalue weighted by atomic mass is 10.2. The van der Waals surface area contributed by atoms with Crippen LogP contribution in [-0.4, -0.2) is 52.9 Å². The molecule has 1 saturated heterocycles. The van der Waals surface area contributed by atoms with Crippen molar-refractivity contribution in [2.75, 3.05) is 31.5 Å². The van der Waals surface area contributed by atoms with Gasteiger partial charge in [0.05, 0.1) is 11.3 Å². The van der Waals surface area contributed by atoms with Crippen molar-refractivity contribution in [3.05, 3.63) is 54.0 Å². The maximum atomic E-state index is 14.0. The number of benzene rings is 1. The van der Waals surface area contributed by atoms with Crippen LogP contribution in [0.5, 0.6) is 0 Å². The van der Waals surface area contributed by atoms with Gasteiger partial charge in [0.25, 0.3) is 5.91 Å². The average molecular weight is 382 g/mol. The van der Waals surface area contributed by atoms with Crippen molar-refractivity contribution in [2.24, 2.45) is 0 Å². The monoisotopic (exact) mass is 382 g/mol. The first kappa shape index (κ1) is 18.9. The second-order valence-electron chi connectivity index (χ2n) is 7.62. The fraction of sp³-hybridized carbons (Fsp3) is 0.455. The van der Waals surface area contributed by atoms with Crippen LogP contribution in [0.4, 0.5) is 15.9 Å². The van der Waals surface area contributed by atoms with Crippen molar-refractivity contribution in [2.45, 2.75) is 38.1 Å². The van der Waals surface area contributed by atoms with E-state index in [9.17, 15) is 9.18 Å². The van der Waals surface area contributed by atoms with Crippen molar-refractivity contribution >= 4 is 17.4 Å². The summed E-state index contributed by atoms with van der Waals surface area (Å²) < 4.78 is 14.0. The molecule has 0 bridgehead atoms. The van der Waals surface area contributed by atoms with Gasteiger partial charge < -0.3 is 10.2 Å². The fourth-order valence-corrected chi connectivity index (χ4v) is 4.31. The molecular weight excluding hydrogens is 355 g/mol. The van der Waals surface area contributed by atoms with Gasteiger partial charge in [-0.3, -0.25) is 9.69 Å². The molecule has 1 aromatic heterocycles. The molecule has 1 aliphatic heterocycles. The van der Waals surface area contributed by atoms with Gasteiger partial charge in [0.1, 0.15) is 11.6 Å². The zero-order valence-electron chi connectivity index (χ0n) is 16.1. The van der Waals surface area contributed by atoms with Gasteiger partial charge in [0.2, 0.25) is 0 Å². The minimum Gasteiger partial charge on any atom is -0.337 e. The van der Waals surface area contributed by atoms with Crippen LogP contribution in [0.1, 0.15) is 42.5 Å². The number of halogens is 1. The molecule has 1 aliphatic carbocycles. The molecular formula is C22H27FN4O. The van der Waals surface area contributed by atoms with E-state index in [4.69, 9.17) is 0 Å². The van der Waals surface area contributed by atoms with Crippen LogP contribution in [0.3, 0.4) is 0 Å². The molecule has 6 heteroatoms. The standard InChI is InChI=1S/C22H27FN4O/c23-19-10-3-4-11-20(19)25-21-18(9-5-12-24-21)22(28)27-14-6-13-26(15-16-27)17-7-1-2-8-17/h3-5,9-12,17H,1-2,6-8,13-16H2,(H,24,25). The Bertz CT molecular complexity index is 822. The molecule has 0 unspecified atom stereocenters. The third-order valence-corrected chi connectivity index (χ3v) is 5.82. The van der Waals surface area contributed by atoms with Crippen molar-refractivity contribution in [1.82, 2.24) is 14.8 Å². The quantitative estimate of drug-likeness (QED) is 0.867. The van der Waals surface area contributed by atoms with Crippen LogP contribution in [0.15, 0.2) is 42.6 Å². The summed E-state index contributed by atoms with van der Waals surface area (Å²) in [7, 11) is 0. The predicted octanol–water partition coefficient (Wildman–Crippen LogP) is 4.05. The molecule has 0 atom stereocenters. The summed E-state index contributed by atoms with van der Waals surface area (Å²) in [5, 5.41) is 2.99. The smallest absolute Gasteiger partial charge is 0.257 e. The van der Waals surface area contributed by atoms with E-state index in [0.717, 1.165) is 32.6 Å². The van der Waals surface area contributed by atoms with Gasteiger partial charge in [-0.2, -0.15) is 0 Å². The number of para-hydroxylation sites is 1. The van der Waals surface area contributed by atoms with E-state index >= 15 is 0 Å². The van der Waals surface area contributed by atoms with Crippen LogP contribution in [-0.2, 0) is 0 Å². The van der Waals surface area contributed by atoms with Crippen molar-refractivity contribution in [3.8, 4) is 0 Å². The summed E-state index contributed by atoms with van der Waals surface area (Å²) in [6.07, 6.45) is 7.82. The average Bonchev–Trinajstić information content (AvgIpc) is 3.14. The Morgan fingerprint density at radius 1 is 1.00 bits per heavy atom. The maximum absolute atomic E-state index is 14.0. The number of hydrogen-bond donors (Lipinski definition) is 1. The van der Waals surface area contributed by atoms with E-state index in [2.05, 4.69) is 15.2 Å². The highest BCUT2D eigenvalue weighted by Crippen LogP contribution is 2.26. The Labute approximate surface area is 165 Å². The van der Waals surface area contributed by atoms with Crippen LogP contribution in [0.25, 0.3) is 0 Å². The number of carbonyl (C=O) groups is 1. The Balaban J connectivity index is 1.48. The largest absolute Gasteiger partial charge is 0.337 e. The number of amides is 1. The van der Waals surface area contributed by atoms with Crippen LogP contribution in [0, 0.1) is 5.82 Å². The second kappa shape index (κ2) is 8.69. The molecule has 0 spiro atoms. The lowest BCUT2D eigenvalue weighted by molar-refractivity contribution is 0.0759. The molecule has 2 aliphatic rings. The number of anilines is 2. The minimum absolute atomic E-state index is 0.0415. The summed E-state index contributed by atoms with van der Waals surface area (Å²) in [4.78, 5) is 22.0. The number of aromatic nitrogens is 1. The van der Waals surface area contributed by atoms with Crippen molar-refractivity contribution in [3.63, 3.8) is 0 Å². The fourth-order valence-electron chi connectivity index (χ4n) is 4.31. The number of pyridine rings is 1. The molecule has 2 heterocycles. The first-order valence-electron chi connectivity index (χ1n) is 10.2. The Kier molecular flexibility index (Phi) is 5.86. The zero-order valence-corrected chi connectivity index (χ0v) is 16.1. The highest BCUT2D eigenvalue weighted by Gasteiger charge is 2.27. The topological polar surface area (TPSA) is 48.5 Å². The molecule has 1 N–H and O–H groups in total. The van der Waals surface area contributed by atoms with Gasteiger partial charge >= 0.3 is 0 Å². The van der Waals surface area contributed by atoms with Gasteiger partial charge in [-0.1, -0.05) is 25.0 Å². The van der Waals surface area contributed by atoms with Crippen LogP contribution in [0.2, 0.25) is 0 Å². The second-order valence-corrected chi connectivity index (χ2v) is 7.62. The normalized spacial score (nSPS) is 18.8. The summed E-state index contributed by atoms with van der Waals surface area (Å²) >= 11 is 0. The third kappa shape index (κ3) is 4.17. The number of nitrogens with one attached hydrogen (secondary N) is 1.